The fourth-order valence-electron chi connectivity index (χ4n) is 4.38. The molecule has 2 amide bonds. The molecule has 0 bridgehead atoms. The molecule has 192 valence electrons. The number of alkyl halides is 3. The molecule has 1 aliphatic heterocycles. The van der Waals surface area contributed by atoms with Crippen LogP contribution in [0.5, 0.6) is 0 Å². The number of fused-ring (bicyclic) bond motifs is 1. The smallest absolute Gasteiger partial charge is 0.382 e. The number of H-pyrrole nitrogens is 1. The average Bonchev–Trinajstić information content (AvgIpc) is 3.27. The Hall–Kier alpha value is -4.09. The highest BCUT2D eigenvalue weighted by Crippen LogP contribution is 2.34. The molecule has 0 spiro atoms. The number of halogens is 3. The van der Waals surface area contributed by atoms with Crippen molar-refractivity contribution in [3.05, 3.63) is 71.8 Å². The summed E-state index contributed by atoms with van der Waals surface area (Å²) >= 11 is 0. The van der Waals surface area contributed by atoms with E-state index in [2.05, 4.69) is 31.8 Å². The predicted molar refractivity (Wildman–Crippen MR) is 136 cm³/mol. The Morgan fingerprint density at radius 2 is 1.76 bits per heavy atom. The summed E-state index contributed by atoms with van der Waals surface area (Å²) in [5.74, 6) is 0.400. The molecule has 1 aliphatic rings. The fourth-order valence-corrected chi connectivity index (χ4v) is 4.38. The molecule has 0 atom stereocenters. The quantitative estimate of drug-likeness (QED) is 0.291. The minimum atomic E-state index is -4.49. The van der Waals surface area contributed by atoms with Crippen molar-refractivity contribution >= 4 is 34.1 Å². The molecule has 4 aromatic rings. The summed E-state index contributed by atoms with van der Waals surface area (Å²) in [4.78, 5) is 14.7. The highest BCUT2D eigenvalue weighted by Gasteiger charge is 2.30. The topological polar surface area (TPSA) is 108 Å². The van der Waals surface area contributed by atoms with Gasteiger partial charge in [-0.3, -0.25) is 10.00 Å². The van der Waals surface area contributed by atoms with E-state index in [1.165, 1.54) is 12.1 Å². The van der Waals surface area contributed by atoms with Gasteiger partial charge in [-0.15, -0.1) is 0 Å². The van der Waals surface area contributed by atoms with Gasteiger partial charge in [-0.25, -0.2) is 4.79 Å². The zero-order valence-corrected chi connectivity index (χ0v) is 19.7. The number of nitrogen functional groups attached to an aromatic ring is 1. The number of carbonyl (C=O) groups excluding carboxylic acids is 1. The van der Waals surface area contributed by atoms with E-state index in [4.69, 9.17) is 10.5 Å². The maximum absolute atomic E-state index is 12.9. The first-order valence-electron chi connectivity index (χ1n) is 11.7. The van der Waals surface area contributed by atoms with Crippen LogP contribution < -0.4 is 16.4 Å². The Kier molecular flexibility index (Phi) is 6.72. The van der Waals surface area contributed by atoms with Crippen LogP contribution in [0, 0.1) is 0 Å². The van der Waals surface area contributed by atoms with Crippen LogP contribution in [0.2, 0.25) is 0 Å². The van der Waals surface area contributed by atoms with Gasteiger partial charge in [-0.1, -0.05) is 30.3 Å². The Bertz CT molecular complexity index is 1410. The molecule has 0 radical (unpaired) electrons. The first kappa shape index (κ1) is 24.6. The van der Waals surface area contributed by atoms with E-state index in [0.717, 1.165) is 59.4 Å². The number of hydrogen-bond donors (Lipinski definition) is 4. The number of urea groups is 1. The SMILES string of the molecule is Nc1n[nH]c2c(CN3CCOCC3)ccc(-c3ccc(NC(=O)Nc4cccc(C(F)(F)F)c4)cc3)c12. The second-order valence-corrected chi connectivity index (χ2v) is 8.75. The van der Waals surface area contributed by atoms with Gasteiger partial charge in [0.15, 0.2) is 5.82 Å². The van der Waals surface area contributed by atoms with Crippen molar-refractivity contribution < 1.29 is 22.7 Å². The van der Waals surface area contributed by atoms with Crippen LogP contribution in [0.1, 0.15) is 11.1 Å². The molecule has 3 aromatic carbocycles. The second kappa shape index (κ2) is 10.1. The summed E-state index contributed by atoms with van der Waals surface area (Å²) in [6, 6.07) is 15.0. The first-order valence-corrected chi connectivity index (χ1v) is 11.7. The van der Waals surface area contributed by atoms with E-state index in [1.807, 2.05) is 18.2 Å². The lowest BCUT2D eigenvalue weighted by Crippen LogP contribution is -2.35. The molecule has 2 heterocycles. The Morgan fingerprint density at radius 1 is 1.03 bits per heavy atom. The lowest BCUT2D eigenvalue weighted by molar-refractivity contribution is -0.137. The molecule has 1 fully saturated rings. The number of anilines is 3. The molecule has 37 heavy (non-hydrogen) atoms. The van der Waals surface area contributed by atoms with E-state index in [9.17, 15) is 18.0 Å². The van der Waals surface area contributed by atoms with E-state index >= 15 is 0 Å². The zero-order chi connectivity index (χ0) is 26.0. The van der Waals surface area contributed by atoms with Crippen molar-refractivity contribution in [3.8, 4) is 11.1 Å². The summed E-state index contributed by atoms with van der Waals surface area (Å²) in [6.45, 7) is 3.91. The maximum Gasteiger partial charge on any atom is 0.416 e. The molecule has 5 N–H and O–H groups in total. The number of benzene rings is 3. The molecule has 1 aromatic heterocycles. The van der Waals surface area contributed by atoms with E-state index in [-0.39, 0.29) is 5.69 Å². The number of amides is 2. The van der Waals surface area contributed by atoms with Crippen LogP contribution in [-0.4, -0.2) is 47.4 Å². The number of nitrogens with zero attached hydrogens (tertiary/aromatic N) is 2. The summed E-state index contributed by atoms with van der Waals surface area (Å²) in [7, 11) is 0. The fraction of sp³-hybridized carbons (Fsp3) is 0.231. The molecule has 5 rings (SSSR count). The summed E-state index contributed by atoms with van der Waals surface area (Å²) in [5.41, 5.74) is 9.64. The van der Waals surface area contributed by atoms with Gasteiger partial charge < -0.3 is 21.1 Å². The summed E-state index contributed by atoms with van der Waals surface area (Å²) in [6.07, 6.45) is -4.49. The Labute approximate surface area is 210 Å². The van der Waals surface area contributed by atoms with Gasteiger partial charge >= 0.3 is 12.2 Å². The van der Waals surface area contributed by atoms with Crippen molar-refractivity contribution in [1.29, 1.82) is 0 Å². The number of aromatic amines is 1. The Morgan fingerprint density at radius 3 is 2.49 bits per heavy atom. The van der Waals surface area contributed by atoms with Crippen LogP contribution in [0.3, 0.4) is 0 Å². The monoisotopic (exact) mass is 510 g/mol. The number of morpholine rings is 1. The van der Waals surface area contributed by atoms with E-state index in [0.29, 0.717) is 24.7 Å². The van der Waals surface area contributed by atoms with E-state index < -0.39 is 17.8 Å². The second-order valence-electron chi connectivity index (χ2n) is 8.75. The van der Waals surface area contributed by atoms with Gasteiger partial charge in [0.05, 0.1) is 29.7 Å². The first-order chi connectivity index (χ1) is 17.8. The normalized spacial score (nSPS) is 14.6. The number of carbonyl (C=O) groups is 1. The third-order valence-electron chi connectivity index (χ3n) is 6.24. The number of ether oxygens (including phenoxy) is 1. The number of nitrogens with two attached hydrogens (primary N) is 1. The standard InChI is InChI=1S/C26H25F3N6O2/c27-26(28,29)18-2-1-3-20(14-18)32-25(36)31-19-7-4-16(5-8-19)21-9-6-17(15-35-10-12-37-13-11-35)23-22(21)24(30)34-33-23/h1-9,14H,10-13,15H2,(H3,30,33,34)(H2,31,32,36). The summed E-state index contributed by atoms with van der Waals surface area (Å²) in [5, 5.41) is 13.2. The summed E-state index contributed by atoms with van der Waals surface area (Å²) < 4.78 is 44.2. The zero-order valence-electron chi connectivity index (χ0n) is 19.7. The maximum atomic E-state index is 12.9. The third kappa shape index (κ3) is 5.52. The van der Waals surface area contributed by atoms with Gasteiger partial charge in [0.25, 0.3) is 0 Å². The van der Waals surface area contributed by atoms with Gasteiger partial charge in [0, 0.05) is 31.0 Å². The number of aromatic nitrogens is 2. The molecule has 0 unspecified atom stereocenters. The molecule has 11 heteroatoms. The van der Waals surface area contributed by atoms with Gasteiger partial charge in [-0.2, -0.15) is 18.3 Å². The van der Waals surface area contributed by atoms with Gasteiger partial charge in [-0.05, 0) is 47.0 Å². The predicted octanol–water partition coefficient (Wildman–Crippen LogP) is 5.31. The van der Waals surface area contributed by atoms with Crippen molar-refractivity contribution in [2.24, 2.45) is 0 Å². The highest BCUT2D eigenvalue weighted by atomic mass is 19.4. The number of hydrogen-bond acceptors (Lipinski definition) is 5. The van der Waals surface area contributed by atoms with E-state index in [1.54, 1.807) is 12.1 Å². The lowest BCUT2D eigenvalue weighted by Gasteiger charge is -2.26. The van der Waals surface area contributed by atoms with Crippen LogP contribution in [-0.2, 0) is 17.5 Å². The minimum absolute atomic E-state index is 0.0407. The third-order valence-corrected chi connectivity index (χ3v) is 6.24. The van der Waals surface area contributed by atoms with Crippen molar-refractivity contribution in [3.63, 3.8) is 0 Å². The molecule has 0 saturated carbocycles. The van der Waals surface area contributed by atoms with Crippen molar-refractivity contribution in [1.82, 2.24) is 15.1 Å². The minimum Gasteiger partial charge on any atom is -0.382 e. The molecule has 8 nitrogen and oxygen atoms in total. The number of rotatable bonds is 5. The number of nitrogens with one attached hydrogen (secondary N) is 3. The van der Waals surface area contributed by atoms with Crippen LogP contribution in [0.25, 0.3) is 22.0 Å². The lowest BCUT2D eigenvalue weighted by atomic mass is 9.98. The highest BCUT2D eigenvalue weighted by molar-refractivity contribution is 6.03. The van der Waals surface area contributed by atoms with Crippen LogP contribution in [0.15, 0.2) is 60.7 Å². The largest absolute Gasteiger partial charge is 0.416 e. The molecular formula is C26H25F3N6O2. The Balaban J connectivity index is 1.31. The van der Waals surface area contributed by atoms with Crippen molar-refractivity contribution in [2.45, 2.75) is 12.7 Å². The van der Waals surface area contributed by atoms with Crippen molar-refractivity contribution in [2.75, 3.05) is 42.7 Å². The molecule has 0 aliphatic carbocycles. The molecule has 1 saturated heterocycles. The van der Waals surface area contributed by atoms with Gasteiger partial charge in [0.1, 0.15) is 0 Å². The average molecular weight is 511 g/mol. The molecular weight excluding hydrogens is 485 g/mol. The van der Waals surface area contributed by atoms with Gasteiger partial charge in [0.2, 0.25) is 0 Å². The van der Waals surface area contributed by atoms with Crippen LogP contribution >= 0.6 is 0 Å². The van der Waals surface area contributed by atoms with Crippen LogP contribution in [0.4, 0.5) is 35.2 Å².